The first-order valence-corrected chi connectivity index (χ1v) is 11.7. The van der Waals surface area contributed by atoms with Crippen LogP contribution in [0.15, 0.2) is 0 Å². The molecule has 0 amide bonds. The second-order valence-corrected chi connectivity index (χ2v) is 8.30. The lowest BCUT2D eigenvalue weighted by molar-refractivity contribution is -0.254. The number of hydrogen-bond acceptors (Lipinski definition) is 6. The van der Waals surface area contributed by atoms with Crippen LogP contribution < -0.4 is 5.32 Å². The van der Waals surface area contributed by atoms with Crippen molar-refractivity contribution < 1.29 is 25.2 Å². The van der Waals surface area contributed by atoms with E-state index in [1.807, 2.05) is 0 Å². The quantitative estimate of drug-likeness (QED) is 0.239. The van der Waals surface area contributed by atoms with Gasteiger partial charge in [-0.25, -0.2) is 0 Å². The average molecular weight is 404 g/mol. The van der Waals surface area contributed by atoms with E-state index in [2.05, 4.69) is 12.2 Å². The van der Waals surface area contributed by atoms with E-state index in [4.69, 9.17) is 9.84 Å². The molecule has 6 nitrogen and oxygen atoms in total. The van der Waals surface area contributed by atoms with Crippen LogP contribution in [-0.4, -0.2) is 64.2 Å². The Kier molecular flexibility index (Phi) is 15.2. The monoisotopic (exact) mass is 403 g/mol. The molecular formula is C22H45NO5. The molecule has 1 saturated heterocycles. The van der Waals surface area contributed by atoms with Crippen molar-refractivity contribution in [3.05, 3.63) is 0 Å². The fourth-order valence-electron chi connectivity index (χ4n) is 3.91. The summed E-state index contributed by atoms with van der Waals surface area (Å²) in [6, 6.07) is -0.722. The molecule has 0 aliphatic carbocycles. The normalized spacial score (nSPS) is 28.0. The summed E-state index contributed by atoms with van der Waals surface area (Å²) < 4.78 is 5.14. The van der Waals surface area contributed by atoms with Gasteiger partial charge in [0.25, 0.3) is 0 Å². The van der Waals surface area contributed by atoms with Crippen LogP contribution >= 0.6 is 0 Å². The Balaban J connectivity index is 1.90. The van der Waals surface area contributed by atoms with Crippen molar-refractivity contribution in [3.63, 3.8) is 0 Å². The predicted molar refractivity (Wildman–Crippen MR) is 112 cm³/mol. The van der Waals surface area contributed by atoms with Gasteiger partial charge in [-0.1, -0.05) is 90.4 Å². The molecule has 0 aromatic rings. The third kappa shape index (κ3) is 10.5. The summed E-state index contributed by atoms with van der Waals surface area (Å²) in [5.41, 5.74) is 0. The number of hydrogen-bond donors (Lipinski definition) is 5. The molecule has 28 heavy (non-hydrogen) atoms. The maximum atomic E-state index is 10.1. The minimum atomic E-state index is -1.22. The molecule has 5 N–H and O–H groups in total. The molecule has 1 fully saturated rings. The number of ether oxygens (including phenoxy) is 1. The molecule has 1 rings (SSSR count). The number of aliphatic hydroxyl groups is 4. The van der Waals surface area contributed by atoms with Crippen molar-refractivity contribution >= 4 is 0 Å². The number of nitrogens with one attached hydrogen (secondary N) is 1. The molecular weight excluding hydrogens is 358 g/mol. The first-order chi connectivity index (χ1) is 13.6. The molecule has 1 unspecified atom stereocenters. The molecule has 168 valence electrons. The molecule has 6 heteroatoms. The van der Waals surface area contributed by atoms with E-state index in [-0.39, 0.29) is 0 Å². The van der Waals surface area contributed by atoms with Gasteiger partial charge in [0.05, 0.1) is 12.6 Å². The lowest BCUT2D eigenvalue weighted by Gasteiger charge is -2.40. The van der Waals surface area contributed by atoms with Gasteiger partial charge in [0.15, 0.2) is 6.29 Å². The van der Waals surface area contributed by atoms with Crippen molar-refractivity contribution in [3.8, 4) is 0 Å². The first-order valence-electron chi connectivity index (χ1n) is 11.7. The summed E-state index contributed by atoms with van der Waals surface area (Å²) >= 11 is 0. The van der Waals surface area contributed by atoms with E-state index in [1.165, 1.54) is 77.0 Å². The van der Waals surface area contributed by atoms with Gasteiger partial charge < -0.3 is 30.5 Å². The van der Waals surface area contributed by atoms with Crippen LogP contribution in [0.4, 0.5) is 0 Å². The third-order valence-electron chi connectivity index (χ3n) is 5.81. The van der Waals surface area contributed by atoms with Crippen molar-refractivity contribution in [2.45, 2.75) is 127 Å². The van der Waals surface area contributed by atoms with Gasteiger partial charge in [0.2, 0.25) is 0 Å². The van der Waals surface area contributed by atoms with E-state index in [9.17, 15) is 15.3 Å². The molecule has 5 atom stereocenters. The Morgan fingerprint density at radius 1 is 0.679 bits per heavy atom. The number of rotatable bonds is 17. The van der Waals surface area contributed by atoms with E-state index < -0.39 is 37.3 Å². The maximum Gasteiger partial charge on any atom is 0.173 e. The van der Waals surface area contributed by atoms with Gasteiger partial charge in [-0.05, 0) is 13.0 Å². The van der Waals surface area contributed by atoms with Crippen molar-refractivity contribution in [1.82, 2.24) is 5.32 Å². The fourth-order valence-corrected chi connectivity index (χ4v) is 3.91. The minimum Gasteiger partial charge on any atom is -0.394 e. The second kappa shape index (κ2) is 16.5. The van der Waals surface area contributed by atoms with Crippen LogP contribution in [-0.2, 0) is 4.74 Å². The molecule has 0 aromatic carbocycles. The van der Waals surface area contributed by atoms with Crippen molar-refractivity contribution in [2.24, 2.45) is 0 Å². The molecule has 1 heterocycles. The Morgan fingerprint density at radius 3 is 1.61 bits per heavy atom. The van der Waals surface area contributed by atoms with Crippen LogP contribution in [0.2, 0.25) is 0 Å². The Morgan fingerprint density at radius 2 is 1.14 bits per heavy atom. The van der Waals surface area contributed by atoms with E-state index in [0.29, 0.717) is 6.54 Å². The summed E-state index contributed by atoms with van der Waals surface area (Å²) in [6.07, 6.45) is 13.8. The predicted octanol–water partition coefficient (Wildman–Crippen LogP) is 2.86. The number of aliphatic hydroxyl groups excluding tert-OH is 4. The largest absolute Gasteiger partial charge is 0.394 e. The van der Waals surface area contributed by atoms with Gasteiger partial charge in [-0.2, -0.15) is 0 Å². The molecule has 1 aliphatic rings. The molecule has 0 bridgehead atoms. The van der Waals surface area contributed by atoms with Crippen molar-refractivity contribution in [2.75, 3.05) is 13.2 Å². The zero-order valence-electron chi connectivity index (χ0n) is 17.9. The van der Waals surface area contributed by atoms with Crippen molar-refractivity contribution in [1.29, 1.82) is 0 Å². The summed E-state index contributed by atoms with van der Waals surface area (Å²) in [5.74, 6) is 0. The lowest BCUT2D eigenvalue weighted by Crippen LogP contribution is -2.63. The smallest absolute Gasteiger partial charge is 0.173 e. The van der Waals surface area contributed by atoms with Gasteiger partial charge >= 0.3 is 0 Å². The van der Waals surface area contributed by atoms with E-state index in [0.717, 1.165) is 12.8 Å². The number of unbranched alkanes of at least 4 members (excludes halogenated alkanes) is 13. The molecule has 1 aliphatic heterocycles. The standard InChI is InChI=1S/C22H45NO5/c1-2-3-4-5-6-7-8-9-10-11-12-13-14-15-16-23-19-21(26)20(25)18(17-24)28-22(19)27/h18-27H,2-17H2,1H3/t18-,19-,20-,21-,22?/m1/s1. The zero-order valence-corrected chi connectivity index (χ0v) is 17.9. The highest BCUT2D eigenvalue weighted by atomic mass is 16.6. The van der Waals surface area contributed by atoms with Crippen LogP contribution in [0.1, 0.15) is 96.8 Å². The maximum absolute atomic E-state index is 10.1. The van der Waals surface area contributed by atoms with Crippen LogP contribution in [0.25, 0.3) is 0 Å². The van der Waals surface area contributed by atoms with E-state index in [1.54, 1.807) is 0 Å². The highest BCUT2D eigenvalue weighted by Gasteiger charge is 2.43. The highest BCUT2D eigenvalue weighted by molar-refractivity contribution is 4.92. The highest BCUT2D eigenvalue weighted by Crippen LogP contribution is 2.20. The van der Waals surface area contributed by atoms with E-state index >= 15 is 0 Å². The molecule has 0 spiro atoms. The van der Waals surface area contributed by atoms with Crippen LogP contribution in [0, 0.1) is 0 Å². The summed E-state index contributed by atoms with van der Waals surface area (Å²) in [4.78, 5) is 0. The van der Waals surface area contributed by atoms with Gasteiger partial charge in [-0.15, -0.1) is 0 Å². The first kappa shape index (κ1) is 25.8. The lowest BCUT2D eigenvalue weighted by atomic mass is 9.97. The topological polar surface area (TPSA) is 102 Å². The molecule has 0 radical (unpaired) electrons. The summed E-state index contributed by atoms with van der Waals surface area (Å²) in [5, 5.41) is 42.0. The zero-order chi connectivity index (χ0) is 20.6. The molecule has 0 aromatic heterocycles. The average Bonchev–Trinajstić information content (AvgIpc) is 2.69. The van der Waals surface area contributed by atoms with Gasteiger partial charge in [0.1, 0.15) is 18.3 Å². The third-order valence-corrected chi connectivity index (χ3v) is 5.81. The molecule has 0 saturated carbocycles. The minimum absolute atomic E-state index is 0.430. The summed E-state index contributed by atoms with van der Waals surface area (Å²) in [7, 11) is 0. The fraction of sp³-hybridized carbons (Fsp3) is 1.00. The van der Waals surface area contributed by atoms with Crippen LogP contribution in [0.5, 0.6) is 0 Å². The SMILES string of the molecule is CCCCCCCCCCCCCCCCN[C@H]1C(O)O[C@H](CO)[C@@H](O)[C@@H]1O. The van der Waals surface area contributed by atoms with Gasteiger partial charge in [-0.3, -0.25) is 0 Å². The van der Waals surface area contributed by atoms with Crippen LogP contribution in [0.3, 0.4) is 0 Å². The van der Waals surface area contributed by atoms with Gasteiger partial charge in [0, 0.05) is 0 Å². The summed E-state index contributed by atoms with van der Waals surface area (Å²) in [6.45, 7) is 2.49. The Hall–Kier alpha value is -0.240. The Labute approximate surface area is 171 Å². The Bertz CT molecular complexity index is 358. The second-order valence-electron chi connectivity index (χ2n) is 8.30.